The molecule has 8 heteroatoms. The standard InChI is InChI=1S/C23H39NO6S/c1-21(2,3)30-20(26)29-17(19(25)28-7)18(24-31(27)22(4,5)6)23-11-14-8-15(12-23)10-16(9-14)13-23/h14-18,24H,8-13H2,1-7H3/t14?,15?,16?,17-,18-,23?,31?/m0/s1. The molecule has 0 aromatic carbocycles. The Labute approximate surface area is 189 Å². The van der Waals surface area contributed by atoms with Gasteiger partial charge in [0, 0.05) is 11.4 Å². The smallest absolute Gasteiger partial charge is 0.509 e. The Hall–Kier alpha value is -0.990. The van der Waals surface area contributed by atoms with Crippen molar-refractivity contribution in [3.8, 4) is 0 Å². The van der Waals surface area contributed by atoms with Crippen LogP contribution in [0.15, 0.2) is 0 Å². The minimum atomic E-state index is -1.44. The third-order valence-corrected chi connectivity index (χ3v) is 8.46. The minimum Gasteiger partial charge on any atom is -0.598 e. The van der Waals surface area contributed by atoms with Gasteiger partial charge in [-0.05, 0) is 103 Å². The molecule has 3 atom stereocenters. The Bertz CT molecular complexity index is 647. The molecule has 0 aromatic heterocycles. The molecule has 4 aliphatic carbocycles. The Morgan fingerprint density at radius 1 is 1.00 bits per heavy atom. The summed E-state index contributed by atoms with van der Waals surface area (Å²) < 4.78 is 31.9. The average molecular weight is 458 g/mol. The van der Waals surface area contributed by atoms with Crippen molar-refractivity contribution < 1.29 is 28.4 Å². The molecule has 4 fully saturated rings. The normalized spacial score (nSPS) is 32.8. The van der Waals surface area contributed by atoms with Gasteiger partial charge >= 0.3 is 12.1 Å². The Kier molecular flexibility index (Phi) is 6.95. The number of methoxy groups -OCH3 is 1. The number of rotatable bonds is 6. The monoisotopic (exact) mass is 457 g/mol. The van der Waals surface area contributed by atoms with Crippen LogP contribution >= 0.6 is 0 Å². The number of esters is 1. The van der Waals surface area contributed by atoms with Gasteiger partial charge < -0.3 is 18.8 Å². The second kappa shape index (κ2) is 8.75. The van der Waals surface area contributed by atoms with E-state index >= 15 is 0 Å². The van der Waals surface area contributed by atoms with E-state index in [1.54, 1.807) is 20.8 Å². The van der Waals surface area contributed by atoms with Crippen molar-refractivity contribution in [1.82, 2.24) is 4.72 Å². The molecule has 31 heavy (non-hydrogen) atoms. The fraction of sp³-hybridized carbons (Fsp3) is 0.913. The minimum absolute atomic E-state index is 0.253. The lowest BCUT2D eigenvalue weighted by Crippen LogP contribution is -2.64. The first-order valence-corrected chi connectivity index (χ1v) is 12.5. The largest absolute Gasteiger partial charge is 0.598 e. The predicted molar refractivity (Wildman–Crippen MR) is 119 cm³/mol. The molecule has 1 unspecified atom stereocenters. The van der Waals surface area contributed by atoms with E-state index in [4.69, 9.17) is 14.2 Å². The van der Waals surface area contributed by atoms with Crippen LogP contribution in [-0.2, 0) is 30.4 Å². The third-order valence-electron chi connectivity index (χ3n) is 6.88. The molecule has 0 saturated heterocycles. The number of ether oxygens (including phenoxy) is 3. The SMILES string of the molecule is COC(=O)[C@@H](OC(=O)OC(C)(C)C)[C@H](N[S+]([O-])C(C)(C)C)C12CC3CC(CC(C3)C1)C2. The molecule has 1 N–H and O–H groups in total. The summed E-state index contributed by atoms with van der Waals surface area (Å²) in [4.78, 5) is 25.4. The second-order valence-electron chi connectivity index (χ2n) is 11.8. The van der Waals surface area contributed by atoms with E-state index in [1.807, 2.05) is 20.8 Å². The lowest BCUT2D eigenvalue weighted by Gasteiger charge is -2.59. The summed E-state index contributed by atoms with van der Waals surface area (Å²) in [6.45, 7) is 10.9. The summed E-state index contributed by atoms with van der Waals surface area (Å²) in [5, 5.41) is 0. The maximum absolute atomic E-state index is 13.2. The van der Waals surface area contributed by atoms with E-state index in [9.17, 15) is 14.1 Å². The van der Waals surface area contributed by atoms with Crippen molar-refractivity contribution in [3.63, 3.8) is 0 Å². The van der Waals surface area contributed by atoms with E-state index < -0.39 is 46.0 Å². The fourth-order valence-corrected chi connectivity index (χ4v) is 7.06. The van der Waals surface area contributed by atoms with Gasteiger partial charge in [-0.15, -0.1) is 4.72 Å². The molecule has 0 spiro atoms. The van der Waals surface area contributed by atoms with Crippen LogP contribution in [0.3, 0.4) is 0 Å². The van der Waals surface area contributed by atoms with Gasteiger partial charge in [0.15, 0.2) is 0 Å². The summed E-state index contributed by atoms with van der Waals surface area (Å²) in [6.07, 6.45) is 4.39. The zero-order valence-corrected chi connectivity index (χ0v) is 20.8. The molecule has 4 aliphatic rings. The van der Waals surface area contributed by atoms with Gasteiger partial charge in [0.2, 0.25) is 6.10 Å². The Morgan fingerprint density at radius 3 is 1.87 bits per heavy atom. The summed E-state index contributed by atoms with van der Waals surface area (Å²) in [7, 11) is 1.28. The third kappa shape index (κ3) is 5.69. The van der Waals surface area contributed by atoms with Gasteiger partial charge in [-0.1, -0.05) is 0 Å². The molecule has 0 radical (unpaired) electrons. The zero-order chi connectivity index (χ0) is 23.2. The first-order chi connectivity index (χ1) is 14.2. The van der Waals surface area contributed by atoms with Crippen molar-refractivity contribution in [2.24, 2.45) is 23.2 Å². The summed E-state index contributed by atoms with van der Waals surface area (Å²) in [5.41, 5.74) is -1.01. The van der Waals surface area contributed by atoms with Crippen molar-refractivity contribution in [3.05, 3.63) is 0 Å². The van der Waals surface area contributed by atoms with Gasteiger partial charge in [-0.3, -0.25) is 0 Å². The van der Waals surface area contributed by atoms with E-state index in [2.05, 4.69) is 4.72 Å². The van der Waals surface area contributed by atoms with Crippen LogP contribution in [0.2, 0.25) is 0 Å². The van der Waals surface area contributed by atoms with Crippen molar-refractivity contribution in [1.29, 1.82) is 0 Å². The van der Waals surface area contributed by atoms with E-state index in [0.717, 1.165) is 19.3 Å². The van der Waals surface area contributed by atoms with Gasteiger partial charge in [-0.25, -0.2) is 9.59 Å². The maximum atomic E-state index is 13.2. The Balaban J connectivity index is 1.94. The molecule has 0 aromatic rings. The lowest BCUT2D eigenvalue weighted by atomic mass is 9.47. The van der Waals surface area contributed by atoms with Gasteiger partial charge in [0.1, 0.15) is 16.4 Å². The highest BCUT2D eigenvalue weighted by atomic mass is 32.2. The first kappa shape index (κ1) is 24.6. The summed E-state index contributed by atoms with van der Waals surface area (Å²) in [5.74, 6) is 1.18. The zero-order valence-electron chi connectivity index (χ0n) is 20.0. The van der Waals surface area contributed by atoms with Crippen molar-refractivity contribution in [2.45, 2.75) is 103 Å². The lowest BCUT2D eigenvalue weighted by molar-refractivity contribution is -0.163. The predicted octanol–water partition coefficient (Wildman–Crippen LogP) is 4.12. The summed E-state index contributed by atoms with van der Waals surface area (Å²) >= 11 is -1.44. The molecule has 0 aliphatic heterocycles. The molecule has 178 valence electrons. The molecule has 4 bridgehead atoms. The topological polar surface area (TPSA) is 96.9 Å². The first-order valence-electron chi connectivity index (χ1n) is 11.4. The van der Waals surface area contributed by atoms with Crippen LogP contribution in [-0.4, -0.2) is 46.3 Å². The summed E-state index contributed by atoms with van der Waals surface area (Å²) in [6, 6.07) is -0.596. The van der Waals surface area contributed by atoms with Crippen LogP contribution < -0.4 is 4.72 Å². The van der Waals surface area contributed by atoms with Crippen LogP contribution in [0.5, 0.6) is 0 Å². The number of carbonyl (C=O) groups excluding carboxylic acids is 2. The van der Waals surface area contributed by atoms with Crippen LogP contribution in [0.25, 0.3) is 0 Å². The van der Waals surface area contributed by atoms with E-state index in [0.29, 0.717) is 17.8 Å². The number of nitrogens with one attached hydrogen (secondary N) is 1. The number of hydrogen-bond acceptors (Lipinski definition) is 7. The number of hydrogen-bond donors (Lipinski definition) is 1. The highest BCUT2D eigenvalue weighted by Crippen LogP contribution is 2.62. The molecular weight excluding hydrogens is 418 g/mol. The van der Waals surface area contributed by atoms with Crippen LogP contribution in [0.1, 0.15) is 80.1 Å². The van der Waals surface area contributed by atoms with Gasteiger partial charge in [0.25, 0.3) is 0 Å². The van der Waals surface area contributed by atoms with E-state index in [-0.39, 0.29) is 5.41 Å². The average Bonchev–Trinajstić information content (AvgIpc) is 2.60. The van der Waals surface area contributed by atoms with Crippen molar-refractivity contribution in [2.75, 3.05) is 7.11 Å². The Morgan fingerprint density at radius 2 is 1.48 bits per heavy atom. The highest BCUT2D eigenvalue weighted by molar-refractivity contribution is 7.90. The van der Waals surface area contributed by atoms with Crippen LogP contribution in [0.4, 0.5) is 4.79 Å². The van der Waals surface area contributed by atoms with E-state index in [1.165, 1.54) is 26.4 Å². The van der Waals surface area contributed by atoms with Crippen LogP contribution in [0, 0.1) is 23.2 Å². The molecule has 0 heterocycles. The molecule has 0 amide bonds. The van der Waals surface area contributed by atoms with Gasteiger partial charge in [-0.2, -0.15) is 0 Å². The quantitative estimate of drug-likeness (QED) is 0.473. The molecule has 4 rings (SSSR count). The highest BCUT2D eigenvalue weighted by Gasteiger charge is 2.59. The second-order valence-corrected chi connectivity index (χ2v) is 13.8. The molecule has 4 saturated carbocycles. The number of carbonyl (C=O) groups is 2. The molecular formula is C23H39NO6S. The molecule has 7 nitrogen and oxygen atoms in total. The maximum Gasteiger partial charge on any atom is 0.509 e. The fourth-order valence-electron chi connectivity index (χ4n) is 6.10. The van der Waals surface area contributed by atoms with Gasteiger partial charge in [0.05, 0.1) is 7.11 Å². The van der Waals surface area contributed by atoms with Crippen molar-refractivity contribution >= 4 is 23.5 Å².